The number of benzene rings is 2. The van der Waals surface area contributed by atoms with Gasteiger partial charge in [0, 0.05) is 11.8 Å². The fraction of sp³-hybridized carbons (Fsp3) is 0.227. The molecule has 0 unspecified atom stereocenters. The van der Waals surface area contributed by atoms with E-state index in [9.17, 15) is 0 Å². The summed E-state index contributed by atoms with van der Waals surface area (Å²) < 4.78 is 0. The normalized spacial score (nSPS) is 16.1. The van der Waals surface area contributed by atoms with Crippen LogP contribution in [0.1, 0.15) is 32.3 Å². The van der Waals surface area contributed by atoms with Crippen LogP contribution in [0.15, 0.2) is 78.9 Å². The molecule has 1 aliphatic rings. The highest BCUT2D eigenvalue weighted by Crippen LogP contribution is 2.36. The van der Waals surface area contributed by atoms with Crippen LogP contribution in [-0.4, -0.2) is 0 Å². The van der Waals surface area contributed by atoms with Gasteiger partial charge in [0.15, 0.2) is 0 Å². The third kappa shape index (κ3) is 3.22. The van der Waals surface area contributed by atoms with Gasteiger partial charge in [0.1, 0.15) is 0 Å². The Morgan fingerprint density at radius 1 is 0.682 bits per heavy atom. The van der Waals surface area contributed by atoms with E-state index in [0.29, 0.717) is 5.92 Å². The molecule has 0 aliphatic heterocycles. The van der Waals surface area contributed by atoms with Crippen molar-refractivity contribution in [3.05, 3.63) is 90.4 Å². The Labute approximate surface area is 134 Å². The maximum absolute atomic E-state index is 2.30. The zero-order valence-electron chi connectivity index (χ0n) is 13.6. The zero-order valence-corrected chi connectivity index (χ0v) is 13.6. The van der Waals surface area contributed by atoms with E-state index in [2.05, 4.69) is 99.7 Å². The lowest BCUT2D eigenvalue weighted by Crippen LogP contribution is -2.16. The maximum Gasteiger partial charge on any atom is 0.0241 e. The number of allylic oxidation sites excluding steroid dienone is 4. The average Bonchev–Trinajstić information content (AvgIpc) is 2.55. The summed E-state index contributed by atoms with van der Waals surface area (Å²) in [5, 5.41) is 0. The van der Waals surface area contributed by atoms with Gasteiger partial charge in [-0.25, -0.2) is 0 Å². The SMILES string of the molecule is CC(C)(C)[C]1C=CC(c2ccc(-c3ccccc3)cc2)C=C1. The van der Waals surface area contributed by atoms with Crippen LogP contribution in [0, 0.1) is 11.3 Å². The smallest absolute Gasteiger partial charge is 0.0241 e. The molecule has 1 aliphatic carbocycles. The summed E-state index contributed by atoms with van der Waals surface area (Å²) in [6.45, 7) is 6.77. The maximum atomic E-state index is 2.30. The Balaban J connectivity index is 1.77. The lowest BCUT2D eigenvalue weighted by atomic mass is 9.77. The first-order valence-corrected chi connectivity index (χ1v) is 7.93. The van der Waals surface area contributed by atoms with Crippen LogP contribution in [0.3, 0.4) is 0 Å². The highest BCUT2D eigenvalue weighted by atomic mass is 14.3. The number of hydrogen-bond acceptors (Lipinski definition) is 0. The van der Waals surface area contributed by atoms with Gasteiger partial charge < -0.3 is 0 Å². The summed E-state index contributed by atoms with van der Waals surface area (Å²) in [5.41, 5.74) is 4.11. The highest BCUT2D eigenvalue weighted by Gasteiger charge is 2.23. The van der Waals surface area contributed by atoms with Gasteiger partial charge in [-0.05, 0) is 22.1 Å². The molecule has 0 saturated carbocycles. The summed E-state index contributed by atoms with van der Waals surface area (Å²) in [6, 6.07) is 19.4. The molecule has 0 atom stereocenters. The van der Waals surface area contributed by atoms with E-state index in [0.717, 1.165) is 0 Å². The van der Waals surface area contributed by atoms with Crippen LogP contribution in [0.5, 0.6) is 0 Å². The molecule has 22 heavy (non-hydrogen) atoms. The Morgan fingerprint density at radius 3 is 1.77 bits per heavy atom. The van der Waals surface area contributed by atoms with Gasteiger partial charge in [0.25, 0.3) is 0 Å². The monoisotopic (exact) mass is 287 g/mol. The Kier molecular flexibility index (Phi) is 4.02. The molecule has 2 aromatic carbocycles. The van der Waals surface area contributed by atoms with Gasteiger partial charge in [-0.2, -0.15) is 0 Å². The highest BCUT2D eigenvalue weighted by molar-refractivity contribution is 5.63. The summed E-state index contributed by atoms with van der Waals surface area (Å²) in [7, 11) is 0. The van der Waals surface area contributed by atoms with Crippen molar-refractivity contribution in [2.75, 3.05) is 0 Å². The van der Waals surface area contributed by atoms with Crippen molar-refractivity contribution in [2.45, 2.75) is 26.7 Å². The summed E-state index contributed by atoms with van der Waals surface area (Å²) in [5.74, 6) is 1.78. The van der Waals surface area contributed by atoms with Crippen molar-refractivity contribution in [3.8, 4) is 11.1 Å². The molecule has 0 bridgehead atoms. The van der Waals surface area contributed by atoms with Gasteiger partial charge in [-0.1, -0.05) is 99.7 Å². The van der Waals surface area contributed by atoms with Crippen LogP contribution in [0.2, 0.25) is 0 Å². The molecule has 0 saturated heterocycles. The van der Waals surface area contributed by atoms with E-state index >= 15 is 0 Å². The molecule has 0 fully saturated rings. The predicted molar refractivity (Wildman–Crippen MR) is 95.6 cm³/mol. The minimum absolute atomic E-state index is 0.217. The second kappa shape index (κ2) is 5.96. The first-order valence-electron chi connectivity index (χ1n) is 7.93. The van der Waals surface area contributed by atoms with Crippen LogP contribution in [-0.2, 0) is 0 Å². The van der Waals surface area contributed by atoms with Crippen molar-refractivity contribution < 1.29 is 0 Å². The van der Waals surface area contributed by atoms with E-state index in [1.54, 1.807) is 0 Å². The lowest BCUT2D eigenvalue weighted by Gasteiger charge is -2.28. The van der Waals surface area contributed by atoms with E-state index in [4.69, 9.17) is 0 Å². The van der Waals surface area contributed by atoms with Gasteiger partial charge in [-0.15, -0.1) is 0 Å². The summed E-state index contributed by atoms with van der Waals surface area (Å²) in [4.78, 5) is 0. The first-order chi connectivity index (χ1) is 10.5. The number of hydrogen-bond donors (Lipinski definition) is 0. The van der Waals surface area contributed by atoms with Gasteiger partial charge in [0.05, 0.1) is 0 Å². The van der Waals surface area contributed by atoms with Crippen molar-refractivity contribution >= 4 is 0 Å². The van der Waals surface area contributed by atoms with Crippen molar-refractivity contribution in [3.63, 3.8) is 0 Å². The second-order valence-electron chi connectivity index (χ2n) is 6.94. The summed E-state index contributed by atoms with van der Waals surface area (Å²) >= 11 is 0. The molecular formula is C22H23. The Morgan fingerprint density at radius 2 is 1.23 bits per heavy atom. The standard InChI is InChI=1S/C22H23/c1-22(2,3)21-15-13-20(14-16-21)19-11-9-18(10-12-19)17-7-5-4-6-8-17/h4-16,20H,1-3H3. The first kappa shape index (κ1) is 14.8. The molecule has 1 radical (unpaired) electrons. The fourth-order valence-corrected chi connectivity index (χ4v) is 2.78. The van der Waals surface area contributed by atoms with Gasteiger partial charge in [0.2, 0.25) is 0 Å². The fourth-order valence-electron chi connectivity index (χ4n) is 2.78. The molecule has 0 spiro atoms. The molecule has 111 valence electrons. The summed E-state index contributed by atoms with van der Waals surface area (Å²) in [6.07, 6.45) is 9.15. The van der Waals surface area contributed by atoms with E-state index in [1.165, 1.54) is 22.6 Å². The number of rotatable bonds is 2. The Hall–Kier alpha value is -2.08. The predicted octanol–water partition coefficient (Wildman–Crippen LogP) is 6.18. The molecule has 0 aromatic heterocycles. The minimum atomic E-state index is 0.217. The second-order valence-corrected chi connectivity index (χ2v) is 6.94. The van der Waals surface area contributed by atoms with E-state index < -0.39 is 0 Å². The topological polar surface area (TPSA) is 0 Å². The van der Waals surface area contributed by atoms with Gasteiger partial charge >= 0.3 is 0 Å². The third-order valence-corrected chi connectivity index (χ3v) is 4.23. The zero-order chi connectivity index (χ0) is 15.6. The largest absolute Gasteiger partial charge is 0.0763 e. The van der Waals surface area contributed by atoms with Crippen LogP contribution < -0.4 is 0 Å². The van der Waals surface area contributed by atoms with Crippen molar-refractivity contribution in [1.29, 1.82) is 0 Å². The molecule has 0 amide bonds. The van der Waals surface area contributed by atoms with E-state index in [-0.39, 0.29) is 5.41 Å². The van der Waals surface area contributed by atoms with E-state index in [1.807, 2.05) is 0 Å². The molecule has 2 aromatic rings. The van der Waals surface area contributed by atoms with Crippen LogP contribution in [0.4, 0.5) is 0 Å². The van der Waals surface area contributed by atoms with Crippen LogP contribution in [0.25, 0.3) is 11.1 Å². The lowest BCUT2D eigenvalue weighted by molar-refractivity contribution is 0.471. The average molecular weight is 287 g/mol. The van der Waals surface area contributed by atoms with Crippen LogP contribution >= 0.6 is 0 Å². The minimum Gasteiger partial charge on any atom is -0.0763 e. The quantitative estimate of drug-likeness (QED) is 0.618. The van der Waals surface area contributed by atoms with Crippen molar-refractivity contribution in [1.82, 2.24) is 0 Å². The molecular weight excluding hydrogens is 264 g/mol. The molecule has 0 N–H and O–H groups in total. The molecule has 0 heterocycles. The Bertz CT molecular complexity index is 652. The molecule has 0 heteroatoms. The third-order valence-electron chi connectivity index (χ3n) is 4.23. The van der Waals surface area contributed by atoms with Gasteiger partial charge in [-0.3, -0.25) is 0 Å². The van der Waals surface area contributed by atoms with Crippen molar-refractivity contribution in [2.24, 2.45) is 5.41 Å². The molecule has 0 nitrogen and oxygen atoms in total. The molecule has 3 rings (SSSR count).